The van der Waals surface area contributed by atoms with Gasteiger partial charge in [-0.1, -0.05) is 0 Å². The van der Waals surface area contributed by atoms with Gasteiger partial charge in [-0.3, -0.25) is 14.2 Å². The predicted octanol–water partition coefficient (Wildman–Crippen LogP) is 2.91. The van der Waals surface area contributed by atoms with Gasteiger partial charge in [0.25, 0.3) is 5.56 Å². The summed E-state index contributed by atoms with van der Waals surface area (Å²) in [5.41, 5.74) is 1.65. The lowest BCUT2D eigenvalue weighted by Gasteiger charge is -2.36. The Morgan fingerprint density at radius 1 is 0.914 bits per heavy atom. The van der Waals surface area contributed by atoms with Gasteiger partial charge in [-0.15, -0.1) is 0 Å². The van der Waals surface area contributed by atoms with Crippen molar-refractivity contribution in [3.05, 3.63) is 82.5 Å². The van der Waals surface area contributed by atoms with Gasteiger partial charge in [-0.25, -0.2) is 18.4 Å². The van der Waals surface area contributed by atoms with Crippen LogP contribution in [0.4, 0.5) is 14.5 Å². The van der Waals surface area contributed by atoms with Crippen LogP contribution in [0.3, 0.4) is 0 Å². The molecule has 10 heteroatoms. The number of rotatable bonds is 5. The lowest BCUT2D eigenvalue weighted by molar-refractivity contribution is -0.131. The standard InChI is InChI=1S/C25H24F2N6O2/c1-17-29-24-22(16-28-33(24)21-8-4-19(27)5-9-21)25(35)32(17)11-10-23(34)31-14-12-30(13-15-31)20-6-2-18(26)3-7-20/h2-9,16H,10-15H2,1H3. The number of aryl methyl sites for hydroxylation is 1. The monoisotopic (exact) mass is 478 g/mol. The molecule has 0 aliphatic carbocycles. The van der Waals surface area contributed by atoms with E-state index >= 15 is 0 Å². The highest BCUT2D eigenvalue weighted by Crippen LogP contribution is 2.18. The maximum atomic E-state index is 13.3. The van der Waals surface area contributed by atoms with Crippen LogP contribution in [0.5, 0.6) is 0 Å². The summed E-state index contributed by atoms with van der Waals surface area (Å²) >= 11 is 0. The lowest BCUT2D eigenvalue weighted by Crippen LogP contribution is -2.49. The zero-order chi connectivity index (χ0) is 24.5. The van der Waals surface area contributed by atoms with Gasteiger partial charge in [-0.05, 0) is 55.5 Å². The van der Waals surface area contributed by atoms with Gasteiger partial charge in [0.1, 0.15) is 22.8 Å². The van der Waals surface area contributed by atoms with Crippen LogP contribution in [0, 0.1) is 18.6 Å². The SMILES string of the molecule is Cc1nc2c(cnn2-c2ccc(F)cc2)c(=O)n1CCC(=O)N1CCN(c2ccc(F)cc2)CC1. The molecule has 1 aliphatic heterocycles. The van der Waals surface area contributed by atoms with E-state index in [-0.39, 0.29) is 36.1 Å². The summed E-state index contributed by atoms with van der Waals surface area (Å²) in [6.45, 7) is 4.37. The molecule has 1 amide bonds. The molecule has 1 fully saturated rings. The van der Waals surface area contributed by atoms with Gasteiger partial charge in [0.2, 0.25) is 5.91 Å². The number of halogens is 2. The topological polar surface area (TPSA) is 76.3 Å². The molecule has 0 radical (unpaired) electrons. The Bertz CT molecular complexity index is 1420. The Labute approximate surface area is 200 Å². The lowest BCUT2D eigenvalue weighted by atomic mass is 10.2. The van der Waals surface area contributed by atoms with Crippen LogP contribution in [-0.2, 0) is 11.3 Å². The average molecular weight is 479 g/mol. The van der Waals surface area contributed by atoms with Gasteiger partial charge in [0.05, 0.1) is 11.9 Å². The summed E-state index contributed by atoms with van der Waals surface area (Å²) in [6, 6.07) is 12.1. The van der Waals surface area contributed by atoms with Gasteiger partial charge in [-0.2, -0.15) is 5.10 Å². The number of anilines is 1. The van der Waals surface area contributed by atoms with E-state index in [0.717, 1.165) is 5.69 Å². The summed E-state index contributed by atoms with van der Waals surface area (Å²) in [5.74, 6) is -0.195. The maximum Gasteiger partial charge on any atom is 0.264 e. The van der Waals surface area contributed by atoms with E-state index in [1.165, 1.54) is 39.7 Å². The number of aromatic nitrogens is 4. The molecule has 5 rings (SSSR count). The van der Waals surface area contributed by atoms with Crippen molar-refractivity contribution >= 4 is 22.6 Å². The highest BCUT2D eigenvalue weighted by Gasteiger charge is 2.22. The molecule has 0 bridgehead atoms. The molecule has 2 aromatic heterocycles. The Balaban J connectivity index is 1.26. The number of fused-ring (bicyclic) bond motifs is 1. The van der Waals surface area contributed by atoms with E-state index in [4.69, 9.17) is 0 Å². The number of hydrogen-bond acceptors (Lipinski definition) is 5. The molecule has 0 N–H and O–H groups in total. The highest BCUT2D eigenvalue weighted by molar-refractivity contribution is 5.77. The number of nitrogens with zero attached hydrogens (tertiary/aromatic N) is 6. The number of carbonyl (C=O) groups is 1. The fourth-order valence-corrected chi connectivity index (χ4v) is 4.37. The van der Waals surface area contributed by atoms with Crippen LogP contribution in [0.1, 0.15) is 12.2 Å². The molecule has 180 valence electrons. The normalized spacial score (nSPS) is 14.0. The van der Waals surface area contributed by atoms with E-state index in [9.17, 15) is 18.4 Å². The van der Waals surface area contributed by atoms with Crippen molar-refractivity contribution in [2.75, 3.05) is 31.1 Å². The smallest absolute Gasteiger partial charge is 0.264 e. The second-order valence-corrected chi connectivity index (χ2v) is 8.48. The minimum Gasteiger partial charge on any atom is -0.368 e. The fourth-order valence-electron chi connectivity index (χ4n) is 4.37. The number of hydrogen-bond donors (Lipinski definition) is 0. The fraction of sp³-hybridized carbons (Fsp3) is 0.280. The van der Waals surface area contributed by atoms with Gasteiger partial charge >= 0.3 is 0 Å². The summed E-state index contributed by atoms with van der Waals surface area (Å²) in [6.07, 6.45) is 1.62. The minimum absolute atomic E-state index is 0.0304. The third-order valence-electron chi connectivity index (χ3n) is 6.32. The van der Waals surface area contributed by atoms with E-state index < -0.39 is 0 Å². The van der Waals surface area contributed by atoms with Crippen molar-refractivity contribution in [1.82, 2.24) is 24.2 Å². The van der Waals surface area contributed by atoms with Gasteiger partial charge in [0.15, 0.2) is 5.65 Å². The Hall–Kier alpha value is -4.08. The second kappa shape index (κ2) is 9.28. The van der Waals surface area contributed by atoms with Crippen LogP contribution < -0.4 is 10.5 Å². The van der Waals surface area contributed by atoms with Crippen LogP contribution in [0.15, 0.2) is 59.5 Å². The molecule has 0 atom stereocenters. The van der Waals surface area contributed by atoms with Gasteiger partial charge in [0, 0.05) is 44.8 Å². The molecule has 1 saturated heterocycles. The van der Waals surface area contributed by atoms with Crippen molar-refractivity contribution in [2.24, 2.45) is 0 Å². The largest absolute Gasteiger partial charge is 0.368 e. The first-order valence-electron chi connectivity index (χ1n) is 11.4. The van der Waals surface area contributed by atoms with Gasteiger partial charge < -0.3 is 9.80 Å². The summed E-state index contributed by atoms with van der Waals surface area (Å²) in [4.78, 5) is 34.4. The predicted molar refractivity (Wildman–Crippen MR) is 128 cm³/mol. The zero-order valence-corrected chi connectivity index (χ0v) is 19.2. The molecule has 2 aromatic carbocycles. The molecule has 0 unspecified atom stereocenters. The molecule has 3 heterocycles. The first-order valence-corrected chi connectivity index (χ1v) is 11.4. The number of carbonyl (C=O) groups excluding carboxylic acids is 1. The molecular weight excluding hydrogens is 454 g/mol. The van der Waals surface area contributed by atoms with Crippen molar-refractivity contribution in [3.63, 3.8) is 0 Å². The number of benzene rings is 2. The molecule has 4 aromatic rings. The first kappa shape index (κ1) is 22.7. The first-order chi connectivity index (χ1) is 16.9. The molecule has 0 spiro atoms. The number of piperazine rings is 1. The number of amides is 1. The second-order valence-electron chi connectivity index (χ2n) is 8.48. The van der Waals surface area contributed by atoms with Crippen LogP contribution in [-0.4, -0.2) is 56.3 Å². The Morgan fingerprint density at radius 3 is 2.14 bits per heavy atom. The van der Waals surface area contributed by atoms with E-state index in [2.05, 4.69) is 15.0 Å². The third kappa shape index (κ3) is 4.51. The van der Waals surface area contributed by atoms with Crippen LogP contribution in [0.2, 0.25) is 0 Å². The minimum atomic E-state index is -0.363. The van der Waals surface area contributed by atoms with E-state index in [0.29, 0.717) is 48.7 Å². The molecule has 35 heavy (non-hydrogen) atoms. The average Bonchev–Trinajstić information content (AvgIpc) is 3.28. The van der Waals surface area contributed by atoms with Crippen LogP contribution in [0.25, 0.3) is 16.7 Å². The summed E-state index contributed by atoms with van der Waals surface area (Å²) in [7, 11) is 0. The molecular formula is C25H24F2N6O2. The summed E-state index contributed by atoms with van der Waals surface area (Å²) in [5, 5.41) is 4.60. The van der Waals surface area contributed by atoms with Crippen molar-refractivity contribution in [3.8, 4) is 5.69 Å². The third-order valence-corrected chi connectivity index (χ3v) is 6.32. The summed E-state index contributed by atoms with van der Waals surface area (Å²) < 4.78 is 29.4. The zero-order valence-electron chi connectivity index (χ0n) is 19.2. The van der Waals surface area contributed by atoms with Crippen molar-refractivity contribution in [1.29, 1.82) is 0 Å². The van der Waals surface area contributed by atoms with E-state index in [1.54, 1.807) is 36.1 Å². The van der Waals surface area contributed by atoms with E-state index in [1.807, 2.05) is 0 Å². The Kier molecular flexibility index (Phi) is 6.02. The quantitative estimate of drug-likeness (QED) is 0.441. The van der Waals surface area contributed by atoms with Crippen molar-refractivity contribution in [2.45, 2.75) is 19.9 Å². The molecule has 8 nitrogen and oxygen atoms in total. The van der Waals surface area contributed by atoms with Crippen LogP contribution >= 0.6 is 0 Å². The Morgan fingerprint density at radius 2 is 1.51 bits per heavy atom. The maximum absolute atomic E-state index is 13.3. The highest BCUT2D eigenvalue weighted by atomic mass is 19.1. The van der Waals surface area contributed by atoms with Crippen molar-refractivity contribution < 1.29 is 13.6 Å². The molecule has 0 saturated carbocycles. The molecule has 1 aliphatic rings.